The molecule has 1 aromatic carbocycles. The summed E-state index contributed by atoms with van der Waals surface area (Å²) in [6.07, 6.45) is 0.339. The summed E-state index contributed by atoms with van der Waals surface area (Å²) in [5.41, 5.74) is 2.65. The van der Waals surface area contributed by atoms with Crippen LogP contribution in [0.5, 0.6) is 5.75 Å². The molecule has 0 radical (unpaired) electrons. The van der Waals surface area contributed by atoms with E-state index in [1.807, 2.05) is 23.8 Å². The highest BCUT2D eigenvalue weighted by atomic mass is 32.1. The van der Waals surface area contributed by atoms with Crippen LogP contribution in [-0.4, -0.2) is 10.9 Å². The lowest BCUT2D eigenvalue weighted by Gasteiger charge is -2.01. The van der Waals surface area contributed by atoms with Crippen LogP contribution in [0.3, 0.4) is 0 Å². The second-order valence-electron chi connectivity index (χ2n) is 3.74. The summed E-state index contributed by atoms with van der Waals surface area (Å²) in [6, 6.07) is 6.82. The van der Waals surface area contributed by atoms with E-state index in [9.17, 15) is 9.90 Å². The second-order valence-corrected chi connectivity index (χ2v) is 4.48. The molecule has 0 aliphatic rings. The molecule has 1 N–H and O–H groups in total. The minimum absolute atomic E-state index is 0.101. The van der Waals surface area contributed by atoms with Crippen LogP contribution in [-0.2, 0) is 6.42 Å². The summed E-state index contributed by atoms with van der Waals surface area (Å²) in [5.74, 6) is 0.302. The van der Waals surface area contributed by atoms with Crippen LogP contribution in [0.2, 0.25) is 0 Å². The Morgan fingerprint density at radius 1 is 1.38 bits per heavy atom. The molecule has 0 saturated heterocycles. The maximum absolute atomic E-state index is 11.9. The molecule has 1 heterocycles. The molecule has 0 saturated carbocycles. The number of hydrogen-bond donors (Lipinski definition) is 1. The van der Waals surface area contributed by atoms with E-state index in [-0.39, 0.29) is 11.5 Å². The molecule has 16 heavy (non-hydrogen) atoms. The van der Waals surface area contributed by atoms with Gasteiger partial charge in [-0.15, -0.1) is 0 Å². The maximum Gasteiger partial charge on any atom is 0.168 e. The predicted octanol–water partition coefficient (Wildman–Crippen LogP) is 3.19. The number of Topliss-reactive ketones (excluding diaryl/α,β-unsaturated/α-hetero) is 1. The molecule has 1 aromatic heterocycles. The molecular weight excluding hydrogens is 220 g/mol. The quantitative estimate of drug-likeness (QED) is 0.825. The minimum atomic E-state index is 0.101. The van der Waals surface area contributed by atoms with E-state index in [0.29, 0.717) is 6.42 Å². The lowest BCUT2D eigenvalue weighted by Crippen LogP contribution is -2.03. The fraction of sp³-hybridized carbons (Fsp3) is 0.154. The van der Waals surface area contributed by atoms with E-state index in [1.165, 1.54) is 11.3 Å². The molecule has 2 nitrogen and oxygen atoms in total. The molecule has 0 bridgehead atoms. The molecule has 0 amide bonds. The van der Waals surface area contributed by atoms with Crippen LogP contribution in [0, 0.1) is 6.92 Å². The first kappa shape index (κ1) is 10.9. The summed E-state index contributed by atoms with van der Waals surface area (Å²) in [5, 5.41) is 13.1. The van der Waals surface area contributed by atoms with Crippen LogP contribution in [0.1, 0.15) is 21.5 Å². The standard InChI is InChI=1S/C13H12O2S/c1-9-7-16-8-12(9)13(15)6-10-3-2-4-11(14)5-10/h2-5,7-8,14H,6H2,1H3. The van der Waals surface area contributed by atoms with Gasteiger partial charge in [0.05, 0.1) is 0 Å². The smallest absolute Gasteiger partial charge is 0.168 e. The molecule has 2 aromatic rings. The normalized spacial score (nSPS) is 10.3. The number of benzene rings is 1. The van der Waals surface area contributed by atoms with Gasteiger partial charge in [-0.05, 0) is 35.6 Å². The fourth-order valence-corrected chi connectivity index (χ4v) is 2.45. The van der Waals surface area contributed by atoms with E-state index in [2.05, 4.69) is 0 Å². The van der Waals surface area contributed by atoms with Crippen molar-refractivity contribution in [2.75, 3.05) is 0 Å². The molecule has 2 rings (SSSR count). The first-order valence-corrected chi connectivity index (χ1v) is 5.95. The van der Waals surface area contributed by atoms with Crippen LogP contribution in [0.25, 0.3) is 0 Å². The zero-order chi connectivity index (χ0) is 11.5. The Labute approximate surface area is 98.2 Å². The summed E-state index contributed by atoms with van der Waals surface area (Å²) in [7, 11) is 0. The van der Waals surface area contributed by atoms with Gasteiger partial charge in [-0.25, -0.2) is 0 Å². The highest BCUT2D eigenvalue weighted by molar-refractivity contribution is 7.08. The number of carbonyl (C=O) groups excluding carboxylic acids is 1. The summed E-state index contributed by atoms with van der Waals surface area (Å²) >= 11 is 1.54. The number of carbonyl (C=O) groups is 1. The average molecular weight is 232 g/mol. The van der Waals surface area contributed by atoms with Gasteiger partial charge < -0.3 is 5.11 Å². The molecule has 0 unspecified atom stereocenters. The number of aromatic hydroxyl groups is 1. The van der Waals surface area contributed by atoms with Crippen molar-refractivity contribution in [3.05, 3.63) is 51.7 Å². The SMILES string of the molecule is Cc1cscc1C(=O)Cc1cccc(O)c1. The van der Waals surface area contributed by atoms with Gasteiger partial charge in [0.15, 0.2) is 5.78 Å². The number of phenolic OH excluding ortho intramolecular Hbond substituents is 1. The topological polar surface area (TPSA) is 37.3 Å². The van der Waals surface area contributed by atoms with Crippen molar-refractivity contribution in [2.45, 2.75) is 13.3 Å². The summed E-state index contributed by atoms with van der Waals surface area (Å²) < 4.78 is 0. The van der Waals surface area contributed by atoms with E-state index in [4.69, 9.17) is 0 Å². The Morgan fingerprint density at radius 3 is 2.81 bits per heavy atom. The molecular formula is C13H12O2S. The highest BCUT2D eigenvalue weighted by Gasteiger charge is 2.10. The van der Waals surface area contributed by atoms with Gasteiger partial charge in [-0.3, -0.25) is 4.79 Å². The Kier molecular flexibility index (Phi) is 3.06. The molecule has 0 spiro atoms. The Hall–Kier alpha value is -1.61. The predicted molar refractivity (Wildman–Crippen MR) is 65.2 cm³/mol. The van der Waals surface area contributed by atoms with Gasteiger partial charge in [0, 0.05) is 17.4 Å². The number of thiophene rings is 1. The molecule has 0 aliphatic heterocycles. The lowest BCUT2D eigenvalue weighted by molar-refractivity contribution is 0.0993. The zero-order valence-corrected chi connectivity index (χ0v) is 9.75. The number of aryl methyl sites for hydroxylation is 1. The number of rotatable bonds is 3. The van der Waals surface area contributed by atoms with Crippen molar-refractivity contribution in [1.29, 1.82) is 0 Å². The third kappa shape index (κ3) is 2.31. The van der Waals surface area contributed by atoms with E-state index < -0.39 is 0 Å². The highest BCUT2D eigenvalue weighted by Crippen LogP contribution is 2.18. The van der Waals surface area contributed by atoms with Gasteiger partial charge in [-0.2, -0.15) is 11.3 Å². The Morgan fingerprint density at radius 2 is 2.19 bits per heavy atom. The number of phenols is 1. The van der Waals surface area contributed by atoms with Gasteiger partial charge in [0.1, 0.15) is 5.75 Å². The van der Waals surface area contributed by atoms with Crippen molar-refractivity contribution < 1.29 is 9.90 Å². The first-order valence-electron chi connectivity index (χ1n) is 5.00. The minimum Gasteiger partial charge on any atom is -0.508 e. The first-order chi connectivity index (χ1) is 7.66. The molecule has 0 fully saturated rings. The summed E-state index contributed by atoms with van der Waals surface area (Å²) in [6.45, 7) is 1.94. The van der Waals surface area contributed by atoms with Crippen molar-refractivity contribution >= 4 is 17.1 Å². The second kappa shape index (κ2) is 4.49. The summed E-state index contributed by atoms with van der Waals surface area (Å²) in [4.78, 5) is 11.9. The van der Waals surface area contributed by atoms with Crippen LogP contribution in [0.4, 0.5) is 0 Å². The van der Waals surface area contributed by atoms with Crippen molar-refractivity contribution in [3.8, 4) is 5.75 Å². The maximum atomic E-state index is 11.9. The van der Waals surface area contributed by atoms with E-state index in [0.717, 1.165) is 16.7 Å². The van der Waals surface area contributed by atoms with Crippen molar-refractivity contribution in [1.82, 2.24) is 0 Å². The van der Waals surface area contributed by atoms with Gasteiger partial charge in [0.2, 0.25) is 0 Å². The molecule has 82 valence electrons. The molecule has 0 aliphatic carbocycles. The van der Waals surface area contributed by atoms with E-state index >= 15 is 0 Å². The van der Waals surface area contributed by atoms with Crippen LogP contribution >= 0.6 is 11.3 Å². The van der Waals surface area contributed by atoms with Crippen molar-refractivity contribution in [2.24, 2.45) is 0 Å². The van der Waals surface area contributed by atoms with Crippen LogP contribution < -0.4 is 0 Å². The van der Waals surface area contributed by atoms with Gasteiger partial charge >= 0.3 is 0 Å². The zero-order valence-electron chi connectivity index (χ0n) is 8.93. The molecule has 0 atom stereocenters. The monoisotopic (exact) mass is 232 g/mol. The largest absolute Gasteiger partial charge is 0.508 e. The Bertz CT molecular complexity index is 514. The van der Waals surface area contributed by atoms with Crippen LogP contribution in [0.15, 0.2) is 35.0 Å². The third-order valence-electron chi connectivity index (χ3n) is 2.43. The Balaban J connectivity index is 2.17. The third-order valence-corrected chi connectivity index (χ3v) is 3.29. The fourth-order valence-electron chi connectivity index (χ4n) is 1.59. The molecule has 3 heteroatoms. The lowest BCUT2D eigenvalue weighted by atomic mass is 10.0. The van der Waals surface area contributed by atoms with Crippen molar-refractivity contribution in [3.63, 3.8) is 0 Å². The van der Waals surface area contributed by atoms with Gasteiger partial charge in [-0.1, -0.05) is 12.1 Å². The number of hydrogen-bond acceptors (Lipinski definition) is 3. The number of ketones is 1. The van der Waals surface area contributed by atoms with Gasteiger partial charge in [0.25, 0.3) is 0 Å². The average Bonchev–Trinajstić information content (AvgIpc) is 2.64. The van der Waals surface area contributed by atoms with E-state index in [1.54, 1.807) is 18.2 Å².